The van der Waals surface area contributed by atoms with Crippen molar-refractivity contribution in [1.82, 2.24) is 5.32 Å². The average Bonchev–Trinajstić information content (AvgIpc) is 2.63. The lowest BCUT2D eigenvalue weighted by Gasteiger charge is -2.44. The summed E-state index contributed by atoms with van der Waals surface area (Å²) in [6.45, 7) is 7.80. The first-order valence-corrected chi connectivity index (χ1v) is 11.6. The molecule has 1 aliphatic heterocycles. The molecule has 7 heteroatoms. The van der Waals surface area contributed by atoms with Crippen LogP contribution < -0.4 is 10.1 Å². The number of dihydropyridines is 1. The van der Waals surface area contributed by atoms with E-state index in [2.05, 4.69) is 48.9 Å². The molecule has 1 aromatic rings. The van der Waals surface area contributed by atoms with Crippen LogP contribution in [0.1, 0.15) is 64.9 Å². The standard InChI is InChI=1S/C25H28BrNO5/c1-24(2)8-15-22(17(28)10-24)21(23-16(27-15)9-25(3,4)11-18(23)29)14-7-13(26)5-6-19(14)32-12-20(30)31/h5-7,21,27H,8-12H2,1-4H3,(H,30,31). The lowest BCUT2D eigenvalue weighted by Crippen LogP contribution is -2.42. The van der Waals surface area contributed by atoms with Gasteiger partial charge in [-0.05, 0) is 41.9 Å². The zero-order valence-corrected chi connectivity index (χ0v) is 20.4. The molecule has 0 saturated carbocycles. The fourth-order valence-electron chi connectivity index (χ4n) is 5.22. The number of rotatable bonds is 4. The Morgan fingerprint density at radius 2 is 1.56 bits per heavy atom. The molecule has 0 bridgehead atoms. The van der Waals surface area contributed by atoms with E-state index in [9.17, 15) is 14.4 Å². The second-order valence-corrected chi connectivity index (χ2v) is 11.5. The summed E-state index contributed by atoms with van der Waals surface area (Å²) < 4.78 is 6.38. The first kappa shape index (κ1) is 22.8. The number of ether oxygens (including phenoxy) is 1. The molecule has 2 N–H and O–H groups in total. The van der Waals surface area contributed by atoms with Gasteiger partial charge in [-0.15, -0.1) is 0 Å². The molecule has 0 radical (unpaired) electrons. The molecule has 0 atom stereocenters. The highest BCUT2D eigenvalue weighted by molar-refractivity contribution is 9.10. The molecule has 0 spiro atoms. The number of hydrogen-bond donors (Lipinski definition) is 2. The minimum atomic E-state index is -1.09. The average molecular weight is 502 g/mol. The van der Waals surface area contributed by atoms with E-state index < -0.39 is 18.5 Å². The second-order valence-electron chi connectivity index (χ2n) is 10.6. The summed E-state index contributed by atoms with van der Waals surface area (Å²) >= 11 is 3.50. The predicted molar refractivity (Wildman–Crippen MR) is 123 cm³/mol. The maximum Gasteiger partial charge on any atom is 0.341 e. The number of carboxylic acids is 1. The van der Waals surface area contributed by atoms with Crippen molar-refractivity contribution in [2.75, 3.05) is 6.61 Å². The molecule has 0 unspecified atom stereocenters. The van der Waals surface area contributed by atoms with Gasteiger partial charge in [-0.2, -0.15) is 0 Å². The van der Waals surface area contributed by atoms with Gasteiger partial charge in [0.25, 0.3) is 0 Å². The number of nitrogens with one attached hydrogen (secondary N) is 1. The van der Waals surface area contributed by atoms with Gasteiger partial charge in [-0.25, -0.2) is 4.79 Å². The summed E-state index contributed by atoms with van der Waals surface area (Å²) in [5.74, 6) is -1.26. The van der Waals surface area contributed by atoms with Crippen LogP contribution in [-0.4, -0.2) is 29.2 Å². The number of hydrogen-bond acceptors (Lipinski definition) is 5. The summed E-state index contributed by atoms with van der Waals surface area (Å²) in [7, 11) is 0. The molecule has 1 aromatic carbocycles. The Balaban J connectivity index is 1.93. The first-order chi connectivity index (χ1) is 14.9. The van der Waals surface area contributed by atoms with Gasteiger partial charge >= 0.3 is 5.97 Å². The quantitative estimate of drug-likeness (QED) is 0.610. The molecule has 0 aromatic heterocycles. The van der Waals surface area contributed by atoms with E-state index in [1.54, 1.807) is 12.1 Å². The Bertz CT molecular complexity index is 1040. The van der Waals surface area contributed by atoms with Gasteiger partial charge in [-0.3, -0.25) is 9.59 Å². The number of carbonyl (C=O) groups is 3. The molecular formula is C25H28BrNO5. The van der Waals surface area contributed by atoms with E-state index in [-0.39, 0.29) is 22.4 Å². The van der Waals surface area contributed by atoms with Gasteiger partial charge in [0.15, 0.2) is 18.2 Å². The second kappa shape index (κ2) is 7.87. The summed E-state index contributed by atoms with van der Waals surface area (Å²) in [6.07, 6.45) is 2.20. The van der Waals surface area contributed by atoms with Crippen LogP contribution in [-0.2, 0) is 14.4 Å². The Morgan fingerprint density at radius 3 is 2.06 bits per heavy atom. The van der Waals surface area contributed by atoms with Crippen molar-refractivity contribution in [2.45, 2.75) is 59.3 Å². The minimum absolute atomic E-state index is 0.0158. The normalized spacial score (nSPS) is 22.3. The highest BCUT2D eigenvalue weighted by atomic mass is 79.9. The molecule has 170 valence electrons. The number of Topliss-reactive ketones (excluding diaryl/α,β-unsaturated/α-hetero) is 2. The van der Waals surface area contributed by atoms with E-state index in [0.29, 0.717) is 48.1 Å². The number of halogens is 1. The van der Waals surface area contributed by atoms with Crippen molar-refractivity contribution in [3.63, 3.8) is 0 Å². The third-order valence-corrected chi connectivity index (χ3v) is 6.85. The van der Waals surface area contributed by atoms with Gasteiger partial charge in [0, 0.05) is 51.3 Å². The van der Waals surface area contributed by atoms with Crippen LogP contribution in [0.3, 0.4) is 0 Å². The molecule has 1 heterocycles. The molecule has 32 heavy (non-hydrogen) atoms. The highest BCUT2D eigenvalue weighted by Gasteiger charge is 2.47. The van der Waals surface area contributed by atoms with Crippen LogP contribution in [0, 0.1) is 10.8 Å². The topological polar surface area (TPSA) is 92.7 Å². The summed E-state index contributed by atoms with van der Waals surface area (Å²) in [4.78, 5) is 38.0. The van der Waals surface area contributed by atoms with Crippen molar-refractivity contribution in [3.8, 4) is 5.75 Å². The maximum absolute atomic E-state index is 13.4. The SMILES string of the molecule is CC1(C)CC(=O)C2=C(C1)NC1=C(C(=O)CC(C)(C)C1)C2c1cc(Br)ccc1OCC(=O)O. The Morgan fingerprint density at radius 1 is 1.03 bits per heavy atom. The van der Waals surface area contributed by atoms with E-state index in [0.717, 1.165) is 15.9 Å². The third kappa shape index (κ3) is 4.27. The highest BCUT2D eigenvalue weighted by Crippen LogP contribution is 2.52. The van der Waals surface area contributed by atoms with E-state index in [1.165, 1.54) is 0 Å². The van der Waals surface area contributed by atoms with Gasteiger partial charge in [-0.1, -0.05) is 43.6 Å². The van der Waals surface area contributed by atoms with Crippen LogP contribution in [0.5, 0.6) is 5.75 Å². The number of allylic oxidation sites excluding steroid dienone is 4. The van der Waals surface area contributed by atoms with Gasteiger partial charge in [0.2, 0.25) is 0 Å². The Labute approximate surface area is 196 Å². The maximum atomic E-state index is 13.4. The summed E-state index contributed by atoms with van der Waals surface area (Å²) in [6, 6.07) is 5.30. The molecule has 0 saturated heterocycles. The van der Waals surface area contributed by atoms with Gasteiger partial charge in [0.1, 0.15) is 5.75 Å². The number of carboxylic acid groups (broad SMARTS) is 1. The Hall–Kier alpha value is -2.41. The monoisotopic (exact) mass is 501 g/mol. The lowest BCUT2D eigenvalue weighted by molar-refractivity contribution is -0.139. The smallest absolute Gasteiger partial charge is 0.341 e. The largest absolute Gasteiger partial charge is 0.482 e. The lowest BCUT2D eigenvalue weighted by atomic mass is 9.64. The molecule has 0 fully saturated rings. The summed E-state index contributed by atoms with van der Waals surface area (Å²) in [5, 5.41) is 12.6. The summed E-state index contributed by atoms with van der Waals surface area (Å²) in [5.41, 5.74) is 3.22. The first-order valence-electron chi connectivity index (χ1n) is 10.8. The van der Waals surface area contributed by atoms with Crippen molar-refractivity contribution < 1.29 is 24.2 Å². The number of carbonyl (C=O) groups excluding carboxylic acids is 2. The minimum Gasteiger partial charge on any atom is -0.482 e. The van der Waals surface area contributed by atoms with Crippen LogP contribution in [0.15, 0.2) is 45.2 Å². The molecule has 6 nitrogen and oxygen atoms in total. The zero-order valence-electron chi connectivity index (χ0n) is 18.8. The molecule has 2 aliphatic carbocycles. The third-order valence-electron chi connectivity index (χ3n) is 6.35. The molecule has 4 rings (SSSR count). The number of aliphatic carboxylic acids is 1. The van der Waals surface area contributed by atoms with Gasteiger partial charge in [0.05, 0.1) is 0 Å². The number of ketones is 2. The van der Waals surface area contributed by atoms with E-state index >= 15 is 0 Å². The molecule has 3 aliphatic rings. The number of benzene rings is 1. The van der Waals surface area contributed by atoms with E-state index in [4.69, 9.17) is 9.84 Å². The fourth-order valence-corrected chi connectivity index (χ4v) is 5.59. The fraction of sp³-hybridized carbons (Fsp3) is 0.480. The molecular weight excluding hydrogens is 474 g/mol. The molecule has 0 amide bonds. The van der Waals surface area contributed by atoms with Crippen molar-refractivity contribution in [3.05, 3.63) is 50.8 Å². The van der Waals surface area contributed by atoms with Crippen LogP contribution in [0.4, 0.5) is 0 Å². The van der Waals surface area contributed by atoms with Crippen molar-refractivity contribution >= 4 is 33.5 Å². The van der Waals surface area contributed by atoms with Gasteiger partial charge < -0.3 is 15.2 Å². The van der Waals surface area contributed by atoms with Crippen LogP contribution >= 0.6 is 15.9 Å². The zero-order chi connectivity index (χ0) is 23.4. The predicted octanol–water partition coefficient (Wildman–Crippen LogP) is 4.89. The van der Waals surface area contributed by atoms with Crippen molar-refractivity contribution in [1.29, 1.82) is 0 Å². The van der Waals surface area contributed by atoms with Crippen molar-refractivity contribution in [2.24, 2.45) is 10.8 Å². The van der Waals surface area contributed by atoms with Crippen LogP contribution in [0.2, 0.25) is 0 Å². The van der Waals surface area contributed by atoms with E-state index in [1.807, 2.05) is 6.07 Å². The Kier molecular flexibility index (Phi) is 5.60. The van der Waals surface area contributed by atoms with Crippen LogP contribution in [0.25, 0.3) is 0 Å².